The number of hydrogen-bond acceptors (Lipinski definition) is 6. The number of carbonyl (C=O) groups excluding carboxylic acids is 1. The number of halogens is 3. The molecule has 12 heteroatoms. The Morgan fingerprint density at radius 3 is 2.69 bits per heavy atom. The number of tetrazole rings is 1. The van der Waals surface area contributed by atoms with Crippen molar-refractivity contribution >= 4 is 15.7 Å². The van der Waals surface area contributed by atoms with Crippen LogP contribution in [-0.4, -0.2) is 63.5 Å². The fourth-order valence-electron chi connectivity index (χ4n) is 3.29. The molecule has 1 aliphatic heterocycles. The zero-order valence-corrected chi connectivity index (χ0v) is 16.6. The predicted octanol–water partition coefficient (Wildman–Crippen LogP) is 1.96. The molecule has 1 aromatic heterocycles. The van der Waals surface area contributed by atoms with E-state index in [4.69, 9.17) is 0 Å². The maximum atomic E-state index is 12.9. The van der Waals surface area contributed by atoms with Gasteiger partial charge in [0.25, 0.3) is 0 Å². The molecule has 2 unspecified atom stereocenters. The van der Waals surface area contributed by atoms with Crippen LogP contribution in [0.25, 0.3) is 11.4 Å². The first-order valence-corrected chi connectivity index (χ1v) is 10.8. The first-order chi connectivity index (χ1) is 13.5. The summed E-state index contributed by atoms with van der Waals surface area (Å²) in [5.41, 5.74) is -0.713. The molecule has 0 saturated carbocycles. The fraction of sp³-hybridized carbons (Fsp3) is 0.529. The third-order valence-electron chi connectivity index (χ3n) is 4.85. The summed E-state index contributed by atoms with van der Waals surface area (Å²) >= 11 is 0. The van der Waals surface area contributed by atoms with Gasteiger partial charge in [-0.15, -0.1) is 10.2 Å². The Labute approximate surface area is 165 Å². The molecule has 1 saturated heterocycles. The van der Waals surface area contributed by atoms with Gasteiger partial charge in [-0.05, 0) is 37.6 Å². The van der Waals surface area contributed by atoms with E-state index in [0.29, 0.717) is 13.0 Å². The molecule has 0 N–H and O–H groups in total. The number of benzene rings is 1. The molecule has 0 radical (unpaired) electrons. The van der Waals surface area contributed by atoms with Gasteiger partial charge in [-0.3, -0.25) is 4.79 Å². The Bertz CT molecular complexity index is 1010. The highest BCUT2D eigenvalue weighted by atomic mass is 32.2. The van der Waals surface area contributed by atoms with Gasteiger partial charge >= 0.3 is 6.18 Å². The minimum Gasteiger partial charge on any atom is -0.337 e. The molecule has 3 rings (SSSR count). The molecule has 1 aliphatic rings. The molecule has 8 nitrogen and oxygen atoms in total. The molecule has 1 fully saturated rings. The van der Waals surface area contributed by atoms with E-state index >= 15 is 0 Å². The summed E-state index contributed by atoms with van der Waals surface area (Å²) in [5, 5.41) is 11.6. The van der Waals surface area contributed by atoms with Crippen LogP contribution in [0.15, 0.2) is 24.3 Å². The molecule has 29 heavy (non-hydrogen) atoms. The lowest BCUT2D eigenvalue weighted by Gasteiger charge is -2.28. The molecule has 1 amide bonds. The summed E-state index contributed by atoms with van der Waals surface area (Å²) in [6.45, 7) is 3.60. The summed E-state index contributed by atoms with van der Waals surface area (Å²) in [5.74, 6) is -0.457. The van der Waals surface area contributed by atoms with E-state index in [1.54, 1.807) is 6.92 Å². The van der Waals surface area contributed by atoms with E-state index in [1.807, 2.05) is 0 Å². The third kappa shape index (κ3) is 4.57. The van der Waals surface area contributed by atoms with Crippen LogP contribution in [0, 0.1) is 0 Å². The second kappa shape index (κ2) is 7.73. The molecule has 0 bridgehead atoms. The highest BCUT2D eigenvalue weighted by molar-refractivity contribution is 7.91. The first-order valence-electron chi connectivity index (χ1n) is 9.00. The number of sulfone groups is 1. The van der Waals surface area contributed by atoms with Gasteiger partial charge in [0, 0.05) is 18.2 Å². The second-order valence-corrected chi connectivity index (χ2v) is 9.10. The minimum absolute atomic E-state index is 0.0388. The number of carbonyl (C=O) groups is 1. The van der Waals surface area contributed by atoms with Gasteiger partial charge in [0.1, 0.15) is 6.04 Å². The van der Waals surface area contributed by atoms with Gasteiger partial charge in [-0.25, -0.2) is 8.42 Å². The van der Waals surface area contributed by atoms with E-state index in [9.17, 15) is 26.4 Å². The Balaban J connectivity index is 1.80. The average molecular weight is 431 g/mol. The van der Waals surface area contributed by atoms with Gasteiger partial charge in [0.05, 0.1) is 17.1 Å². The lowest BCUT2D eigenvalue weighted by Crippen LogP contribution is -2.44. The van der Waals surface area contributed by atoms with Crippen molar-refractivity contribution in [1.82, 2.24) is 25.1 Å². The molecule has 0 aliphatic carbocycles. The molecular formula is C17H20F3N5O3S. The van der Waals surface area contributed by atoms with Crippen LogP contribution in [0.5, 0.6) is 0 Å². The topological polar surface area (TPSA) is 98.1 Å². The molecule has 0 spiro atoms. The molecular weight excluding hydrogens is 411 g/mol. The van der Waals surface area contributed by atoms with Gasteiger partial charge in [0.15, 0.2) is 9.84 Å². The molecule has 2 heterocycles. The first kappa shape index (κ1) is 21.2. The third-order valence-corrected chi connectivity index (χ3v) is 6.60. The van der Waals surface area contributed by atoms with E-state index in [0.717, 1.165) is 16.9 Å². The van der Waals surface area contributed by atoms with Crippen molar-refractivity contribution in [3.63, 3.8) is 0 Å². The number of hydrogen-bond donors (Lipinski definition) is 0. The summed E-state index contributed by atoms with van der Waals surface area (Å²) < 4.78 is 62.1. The Morgan fingerprint density at radius 2 is 2.10 bits per heavy atom. The number of aromatic nitrogens is 4. The Morgan fingerprint density at radius 1 is 1.38 bits per heavy atom. The molecule has 2 atom stereocenters. The SMILES string of the molecule is CCN(C(=O)C(C)n1nnc(-c2cccc(C(F)(F)F)c2)n1)C1CCS(=O)(=O)C1. The fourth-order valence-corrected chi connectivity index (χ4v) is 5.02. The van der Waals surface area contributed by atoms with Crippen molar-refractivity contribution in [3.8, 4) is 11.4 Å². The summed E-state index contributed by atoms with van der Waals surface area (Å²) in [6, 6.07) is 3.22. The van der Waals surface area contributed by atoms with Gasteiger partial charge in [0.2, 0.25) is 11.7 Å². The largest absolute Gasteiger partial charge is 0.416 e. The maximum Gasteiger partial charge on any atom is 0.416 e. The average Bonchev–Trinajstić information content (AvgIpc) is 3.28. The van der Waals surface area contributed by atoms with Crippen LogP contribution in [0.1, 0.15) is 31.9 Å². The van der Waals surface area contributed by atoms with Crippen molar-refractivity contribution in [2.24, 2.45) is 0 Å². The number of likely N-dealkylation sites (N-methyl/N-ethyl adjacent to an activating group) is 1. The molecule has 158 valence electrons. The smallest absolute Gasteiger partial charge is 0.337 e. The molecule has 1 aromatic carbocycles. The van der Waals surface area contributed by atoms with Crippen LogP contribution in [0.4, 0.5) is 13.2 Å². The quantitative estimate of drug-likeness (QED) is 0.718. The Kier molecular flexibility index (Phi) is 5.65. The maximum absolute atomic E-state index is 12.9. The number of rotatable bonds is 5. The highest BCUT2D eigenvalue weighted by Crippen LogP contribution is 2.31. The summed E-state index contributed by atoms with van der Waals surface area (Å²) in [7, 11) is -3.16. The van der Waals surface area contributed by atoms with E-state index in [-0.39, 0.29) is 28.8 Å². The second-order valence-electron chi connectivity index (χ2n) is 6.87. The van der Waals surface area contributed by atoms with E-state index in [1.165, 1.54) is 24.0 Å². The van der Waals surface area contributed by atoms with Gasteiger partial charge in [-0.1, -0.05) is 12.1 Å². The standard InChI is InChI=1S/C17H20F3N5O3S/c1-3-24(14-7-8-29(27,28)10-14)16(26)11(2)25-22-15(21-23-25)12-5-4-6-13(9-12)17(18,19)20/h4-6,9,11,14H,3,7-8,10H2,1-2H3. The van der Waals surface area contributed by atoms with Crippen molar-refractivity contribution in [2.75, 3.05) is 18.1 Å². The summed E-state index contributed by atoms with van der Waals surface area (Å²) in [6.07, 6.45) is -4.13. The lowest BCUT2D eigenvalue weighted by molar-refractivity contribution is -0.138. The highest BCUT2D eigenvalue weighted by Gasteiger charge is 2.36. The van der Waals surface area contributed by atoms with E-state index < -0.39 is 33.7 Å². The predicted molar refractivity (Wildman–Crippen MR) is 97.4 cm³/mol. The minimum atomic E-state index is -4.50. The number of nitrogens with zero attached hydrogens (tertiary/aromatic N) is 5. The van der Waals surface area contributed by atoms with Crippen LogP contribution in [-0.2, 0) is 20.8 Å². The number of amides is 1. The zero-order chi connectivity index (χ0) is 21.4. The Hall–Kier alpha value is -2.50. The normalized spacial score (nSPS) is 19.8. The van der Waals surface area contributed by atoms with Crippen molar-refractivity contribution in [2.45, 2.75) is 38.5 Å². The van der Waals surface area contributed by atoms with E-state index in [2.05, 4.69) is 15.4 Å². The zero-order valence-electron chi connectivity index (χ0n) is 15.8. The molecule has 2 aromatic rings. The van der Waals surface area contributed by atoms with Crippen LogP contribution < -0.4 is 0 Å². The lowest BCUT2D eigenvalue weighted by atomic mass is 10.1. The number of alkyl halides is 3. The van der Waals surface area contributed by atoms with Crippen molar-refractivity contribution in [3.05, 3.63) is 29.8 Å². The summed E-state index contributed by atoms with van der Waals surface area (Å²) in [4.78, 5) is 15.4. The van der Waals surface area contributed by atoms with Gasteiger partial charge in [-0.2, -0.15) is 18.0 Å². The van der Waals surface area contributed by atoms with Gasteiger partial charge < -0.3 is 4.90 Å². The van der Waals surface area contributed by atoms with Crippen LogP contribution in [0.3, 0.4) is 0 Å². The monoisotopic (exact) mass is 431 g/mol. The van der Waals surface area contributed by atoms with Crippen LogP contribution in [0.2, 0.25) is 0 Å². The van der Waals surface area contributed by atoms with Crippen molar-refractivity contribution in [1.29, 1.82) is 0 Å². The van der Waals surface area contributed by atoms with Crippen LogP contribution >= 0.6 is 0 Å². The van der Waals surface area contributed by atoms with Crippen molar-refractivity contribution < 1.29 is 26.4 Å².